The van der Waals surface area contributed by atoms with E-state index in [1.165, 1.54) is 12.8 Å². The van der Waals surface area contributed by atoms with Crippen LogP contribution in [0.25, 0.3) is 0 Å². The molecule has 2 fully saturated rings. The van der Waals surface area contributed by atoms with Crippen LogP contribution >= 0.6 is 0 Å². The van der Waals surface area contributed by atoms with Gasteiger partial charge in [0.1, 0.15) is 0 Å². The number of nitrogens with zero attached hydrogens (tertiary/aromatic N) is 1. The number of hydrogen-bond acceptors (Lipinski definition) is 4. The Labute approximate surface area is 117 Å². The summed E-state index contributed by atoms with van der Waals surface area (Å²) < 4.78 is 5.75. The largest absolute Gasteiger partial charge is 0.393 e. The van der Waals surface area contributed by atoms with Gasteiger partial charge in [-0.2, -0.15) is 0 Å². The molecule has 3 atom stereocenters. The first kappa shape index (κ1) is 15.2. The maximum atomic E-state index is 9.72. The summed E-state index contributed by atoms with van der Waals surface area (Å²) in [5.74, 6) is 0.459. The molecule has 4 nitrogen and oxygen atoms in total. The fourth-order valence-corrected chi connectivity index (χ4v) is 3.49. The first-order valence-corrected chi connectivity index (χ1v) is 7.84. The van der Waals surface area contributed by atoms with Crippen molar-refractivity contribution in [3.05, 3.63) is 0 Å². The van der Waals surface area contributed by atoms with Crippen LogP contribution in [-0.4, -0.2) is 62.0 Å². The van der Waals surface area contributed by atoms with Crippen LogP contribution in [0.4, 0.5) is 0 Å². The lowest BCUT2D eigenvalue weighted by molar-refractivity contribution is -0.0240. The molecule has 2 N–H and O–H groups in total. The lowest BCUT2D eigenvalue weighted by atomic mass is 9.81. The van der Waals surface area contributed by atoms with Crippen LogP contribution in [0.5, 0.6) is 0 Å². The number of hydrogen-bond donors (Lipinski definition) is 2. The molecule has 0 saturated carbocycles. The third kappa shape index (κ3) is 4.15. The van der Waals surface area contributed by atoms with E-state index in [0.29, 0.717) is 5.92 Å². The van der Waals surface area contributed by atoms with Crippen molar-refractivity contribution in [2.45, 2.75) is 39.2 Å². The first-order chi connectivity index (χ1) is 9.15. The minimum atomic E-state index is -0.169. The van der Waals surface area contributed by atoms with Gasteiger partial charge >= 0.3 is 0 Å². The quantitative estimate of drug-likeness (QED) is 0.758. The lowest BCUT2D eigenvalue weighted by Crippen LogP contribution is -2.48. The highest BCUT2D eigenvalue weighted by Gasteiger charge is 2.37. The molecule has 19 heavy (non-hydrogen) atoms. The fourth-order valence-electron chi connectivity index (χ4n) is 3.49. The molecule has 0 spiro atoms. The van der Waals surface area contributed by atoms with Crippen molar-refractivity contribution in [3.8, 4) is 0 Å². The SMILES string of the molecule is CCNCC1(CN2CCC(C(C)O)C2)CCCOC1. The second-order valence-electron chi connectivity index (χ2n) is 6.46. The Balaban J connectivity index is 1.89. The summed E-state index contributed by atoms with van der Waals surface area (Å²) in [7, 11) is 0. The topological polar surface area (TPSA) is 44.7 Å². The normalized spacial score (nSPS) is 34.6. The van der Waals surface area contributed by atoms with Crippen LogP contribution in [0.2, 0.25) is 0 Å². The monoisotopic (exact) mass is 270 g/mol. The average molecular weight is 270 g/mol. The summed E-state index contributed by atoms with van der Waals surface area (Å²) in [5.41, 5.74) is 0.280. The molecule has 0 aromatic heterocycles. The van der Waals surface area contributed by atoms with Crippen molar-refractivity contribution in [2.75, 3.05) is 45.9 Å². The molecule has 0 amide bonds. The zero-order valence-corrected chi connectivity index (χ0v) is 12.5. The molecule has 0 radical (unpaired) electrons. The maximum Gasteiger partial charge on any atom is 0.0552 e. The summed E-state index contributed by atoms with van der Waals surface area (Å²) in [4.78, 5) is 2.53. The van der Waals surface area contributed by atoms with Crippen LogP contribution in [0, 0.1) is 11.3 Å². The minimum absolute atomic E-state index is 0.169. The van der Waals surface area contributed by atoms with Crippen LogP contribution in [-0.2, 0) is 4.74 Å². The zero-order chi connectivity index (χ0) is 13.7. The van der Waals surface area contributed by atoms with E-state index in [1.807, 2.05) is 6.92 Å². The lowest BCUT2D eigenvalue weighted by Gasteiger charge is -2.40. The molecule has 0 aromatic rings. The van der Waals surface area contributed by atoms with Crippen LogP contribution in [0.15, 0.2) is 0 Å². The maximum absolute atomic E-state index is 9.72. The van der Waals surface area contributed by atoms with Gasteiger partial charge in [0.15, 0.2) is 0 Å². The van der Waals surface area contributed by atoms with E-state index in [0.717, 1.165) is 52.4 Å². The highest BCUT2D eigenvalue weighted by atomic mass is 16.5. The van der Waals surface area contributed by atoms with Crippen LogP contribution in [0.3, 0.4) is 0 Å². The number of likely N-dealkylation sites (tertiary alicyclic amines) is 1. The van der Waals surface area contributed by atoms with E-state index in [-0.39, 0.29) is 11.5 Å². The van der Waals surface area contributed by atoms with Gasteiger partial charge in [0.05, 0.1) is 12.7 Å². The Morgan fingerprint density at radius 3 is 2.95 bits per heavy atom. The van der Waals surface area contributed by atoms with Gasteiger partial charge in [-0.3, -0.25) is 0 Å². The molecule has 0 bridgehead atoms. The standard InChI is InChI=1S/C15H30N2O2/c1-3-16-10-15(6-4-8-19-12-15)11-17-7-5-14(9-17)13(2)18/h13-14,16,18H,3-12H2,1-2H3. The van der Waals surface area contributed by atoms with E-state index >= 15 is 0 Å². The van der Waals surface area contributed by atoms with Crippen molar-refractivity contribution in [1.29, 1.82) is 0 Å². The Bertz CT molecular complexity index is 265. The second kappa shape index (κ2) is 7.02. The van der Waals surface area contributed by atoms with E-state index in [1.54, 1.807) is 0 Å². The van der Waals surface area contributed by atoms with E-state index < -0.39 is 0 Å². The first-order valence-electron chi connectivity index (χ1n) is 7.84. The van der Waals surface area contributed by atoms with Gasteiger partial charge in [-0.25, -0.2) is 0 Å². The van der Waals surface area contributed by atoms with Gasteiger partial charge in [-0.05, 0) is 45.2 Å². The van der Waals surface area contributed by atoms with Crippen LogP contribution in [0.1, 0.15) is 33.1 Å². The molecule has 0 aliphatic carbocycles. The summed E-state index contributed by atoms with van der Waals surface area (Å²) in [6, 6.07) is 0. The molecular weight excluding hydrogens is 240 g/mol. The van der Waals surface area contributed by atoms with Gasteiger partial charge in [-0.15, -0.1) is 0 Å². The Morgan fingerprint density at radius 1 is 1.53 bits per heavy atom. The number of aliphatic hydroxyl groups is 1. The van der Waals surface area contributed by atoms with Crippen molar-refractivity contribution >= 4 is 0 Å². The predicted molar refractivity (Wildman–Crippen MR) is 77.3 cm³/mol. The molecular formula is C15H30N2O2. The summed E-state index contributed by atoms with van der Waals surface area (Å²) in [5, 5.41) is 13.2. The molecule has 2 heterocycles. The van der Waals surface area contributed by atoms with Crippen molar-refractivity contribution in [2.24, 2.45) is 11.3 Å². The van der Waals surface area contributed by atoms with Gasteiger partial charge in [0.2, 0.25) is 0 Å². The van der Waals surface area contributed by atoms with Crippen molar-refractivity contribution in [1.82, 2.24) is 10.2 Å². The molecule has 2 aliphatic heterocycles. The predicted octanol–water partition coefficient (Wildman–Crippen LogP) is 1.10. The smallest absolute Gasteiger partial charge is 0.0552 e. The molecule has 3 unspecified atom stereocenters. The molecule has 0 aromatic carbocycles. The summed E-state index contributed by atoms with van der Waals surface area (Å²) in [6.07, 6.45) is 3.40. The third-order valence-corrected chi connectivity index (χ3v) is 4.70. The van der Waals surface area contributed by atoms with E-state index in [9.17, 15) is 5.11 Å². The number of aliphatic hydroxyl groups excluding tert-OH is 1. The van der Waals surface area contributed by atoms with Gasteiger partial charge in [0.25, 0.3) is 0 Å². The number of ether oxygens (including phenoxy) is 1. The summed E-state index contributed by atoms with van der Waals surface area (Å²) >= 11 is 0. The third-order valence-electron chi connectivity index (χ3n) is 4.70. The van der Waals surface area contributed by atoms with Crippen molar-refractivity contribution < 1.29 is 9.84 Å². The van der Waals surface area contributed by atoms with E-state index in [4.69, 9.17) is 4.74 Å². The molecule has 112 valence electrons. The van der Waals surface area contributed by atoms with Gasteiger partial charge in [0, 0.05) is 31.7 Å². The molecule has 4 heteroatoms. The van der Waals surface area contributed by atoms with Gasteiger partial charge < -0.3 is 20.1 Å². The Kier molecular flexibility index (Phi) is 5.63. The average Bonchev–Trinajstić information content (AvgIpc) is 2.86. The number of rotatable bonds is 6. The van der Waals surface area contributed by atoms with Gasteiger partial charge in [-0.1, -0.05) is 6.92 Å². The summed E-state index contributed by atoms with van der Waals surface area (Å²) in [6.45, 7) is 11.3. The minimum Gasteiger partial charge on any atom is -0.393 e. The highest BCUT2D eigenvalue weighted by molar-refractivity contribution is 4.90. The Morgan fingerprint density at radius 2 is 2.37 bits per heavy atom. The molecule has 2 saturated heterocycles. The Hall–Kier alpha value is -0.160. The highest BCUT2D eigenvalue weighted by Crippen LogP contribution is 2.31. The second-order valence-corrected chi connectivity index (χ2v) is 6.46. The van der Waals surface area contributed by atoms with E-state index in [2.05, 4.69) is 17.1 Å². The molecule has 2 rings (SSSR count). The zero-order valence-electron chi connectivity index (χ0n) is 12.5. The fraction of sp³-hybridized carbons (Fsp3) is 1.00. The number of nitrogens with one attached hydrogen (secondary N) is 1. The van der Waals surface area contributed by atoms with Crippen molar-refractivity contribution in [3.63, 3.8) is 0 Å². The van der Waals surface area contributed by atoms with Crippen LogP contribution < -0.4 is 5.32 Å². The molecule has 2 aliphatic rings.